The first kappa shape index (κ1) is 13.8. The lowest BCUT2D eigenvalue weighted by Crippen LogP contribution is -2.42. The summed E-state index contributed by atoms with van der Waals surface area (Å²) in [5.41, 5.74) is 5.55. The number of carbonyl (C=O) groups excluding carboxylic acids is 2. The number of nitrogens with zero attached hydrogens (tertiary/aromatic N) is 1. The van der Waals surface area contributed by atoms with E-state index < -0.39 is 0 Å². The molecular weight excluding hydrogens is 220 g/mol. The summed E-state index contributed by atoms with van der Waals surface area (Å²) in [6, 6.07) is -0.129. The molecule has 1 rings (SSSR count). The summed E-state index contributed by atoms with van der Waals surface area (Å²) in [5, 5.41) is 5.64. The Bertz CT molecular complexity index is 281. The molecule has 0 saturated carbocycles. The zero-order valence-corrected chi connectivity index (χ0v) is 10.5. The largest absolute Gasteiger partial charge is 0.351 e. The highest BCUT2D eigenvalue weighted by molar-refractivity contribution is 5.77. The van der Waals surface area contributed by atoms with Gasteiger partial charge in [-0.1, -0.05) is 0 Å². The molecule has 0 aromatic rings. The molecule has 3 amide bonds. The van der Waals surface area contributed by atoms with Crippen molar-refractivity contribution < 1.29 is 9.59 Å². The van der Waals surface area contributed by atoms with Crippen LogP contribution in [0.4, 0.5) is 4.79 Å². The Labute approximate surface area is 102 Å². The number of hydrogen-bond donors (Lipinski definition) is 3. The molecule has 2 atom stereocenters. The maximum absolute atomic E-state index is 11.5. The quantitative estimate of drug-likeness (QED) is 0.629. The molecule has 1 saturated heterocycles. The average Bonchev–Trinajstić information content (AvgIpc) is 2.65. The molecule has 6 nitrogen and oxygen atoms in total. The van der Waals surface area contributed by atoms with Gasteiger partial charge in [0.05, 0.1) is 0 Å². The molecule has 1 aliphatic heterocycles. The van der Waals surface area contributed by atoms with Crippen LogP contribution in [0.2, 0.25) is 0 Å². The SMILES string of the molecule is CCNC(=O)N1CCC(NC(=O)CC(C)N)C1. The number of amides is 3. The number of likely N-dealkylation sites (tertiary alicyclic amines) is 1. The van der Waals surface area contributed by atoms with Crippen molar-refractivity contribution in [2.75, 3.05) is 19.6 Å². The molecule has 1 heterocycles. The minimum absolute atomic E-state index is 0.0391. The van der Waals surface area contributed by atoms with E-state index in [-0.39, 0.29) is 24.0 Å². The molecule has 2 unspecified atom stereocenters. The number of hydrogen-bond acceptors (Lipinski definition) is 3. The summed E-state index contributed by atoms with van der Waals surface area (Å²) in [6.07, 6.45) is 1.14. The Kier molecular flexibility index (Phi) is 5.21. The summed E-state index contributed by atoms with van der Waals surface area (Å²) >= 11 is 0. The topological polar surface area (TPSA) is 87.5 Å². The Morgan fingerprint density at radius 1 is 1.53 bits per heavy atom. The van der Waals surface area contributed by atoms with Crippen LogP contribution in [0.25, 0.3) is 0 Å². The smallest absolute Gasteiger partial charge is 0.317 e. The number of nitrogens with two attached hydrogens (primary N) is 1. The zero-order valence-electron chi connectivity index (χ0n) is 10.5. The lowest BCUT2D eigenvalue weighted by atomic mass is 10.2. The number of rotatable bonds is 4. The highest BCUT2D eigenvalue weighted by Gasteiger charge is 2.26. The van der Waals surface area contributed by atoms with Gasteiger partial charge >= 0.3 is 6.03 Å². The molecule has 0 bridgehead atoms. The van der Waals surface area contributed by atoms with E-state index >= 15 is 0 Å². The van der Waals surface area contributed by atoms with Crippen molar-refractivity contribution in [1.29, 1.82) is 0 Å². The Balaban J connectivity index is 2.30. The fraction of sp³-hybridized carbons (Fsp3) is 0.818. The van der Waals surface area contributed by atoms with Crippen LogP contribution >= 0.6 is 0 Å². The van der Waals surface area contributed by atoms with Gasteiger partial charge in [-0.3, -0.25) is 4.79 Å². The first-order chi connectivity index (χ1) is 8.02. The molecule has 0 aliphatic carbocycles. The molecule has 0 aromatic heterocycles. The fourth-order valence-electron chi connectivity index (χ4n) is 1.90. The van der Waals surface area contributed by atoms with E-state index in [9.17, 15) is 9.59 Å². The second-order valence-corrected chi connectivity index (χ2v) is 4.52. The van der Waals surface area contributed by atoms with Gasteiger partial charge in [-0.2, -0.15) is 0 Å². The average molecular weight is 242 g/mol. The highest BCUT2D eigenvalue weighted by atomic mass is 16.2. The molecule has 0 radical (unpaired) electrons. The minimum Gasteiger partial charge on any atom is -0.351 e. The van der Waals surface area contributed by atoms with Crippen molar-refractivity contribution in [2.24, 2.45) is 5.73 Å². The molecule has 17 heavy (non-hydrogen) atoms. The van der Waals surface area contributed by atoms with Crippen LogP contribution in [-0.4, -0.2) is 48.6 Å². The second-order valence-electron chi connectivity index (χ2n) is 4.52. The van der Waals surface area contributed by atoms with Crippen molar-refractivity contribution in [2.45, 2.75) is 38.8 Å². The van der Waals surface area contributed by atoms with Gasteiger partial charge in [0, 0.05) is 38.1 Å². The maximum atomic E-state index is 11.5. The van der Waals surface area contributed by atoms with Gasteiger partial charge < -0.3 is 21.3 Å². The lowest BCUT2D eigenvalue weighted by molar-refractivity contribution is -0.121. The predicted molar refractivity (Wildman–Crippen MR) is 65.5 cm³/mol. The first-order valence-electron chi connectivity index (χ1n) is 6.10. The van der Waals surface area contributed by atoms with Crippen molar-refractivity contribution in [3.63, 3.8) is 0 Å². The monoisotopic (exact) mass is 242 g/mol. The van der Waals surface area contributed by atoms with Gasteiger partial charge in [0.1, 0.15) is 0 Å². The Morgan fingerprint density at radius 2 is 2.24 bits per heavy atom. The molecule has 4 N–H and O–H groups in total. The highest BCUT2D eigenvalue weighted by Crippen LogP contribution is 2.09. The van der Waals surface area contributed by atoms with Crippen molar-refractivity contribution >= 4 is 11.9 Å². The van der Waals surface area contributed by atoms with E-state index in [1.165, 1.54) is 0 Å². The summed E-state index contributed by atoms with van der Waals surface area (Å²) < 4.78 is 0. The van der Waals surface area contributed by atoms with Crippen LogP contribution in [0.5, 0.6) is 0 Å². The lowest BCUT2D eigenvalue weighted by Gasteiger charge is -2.17. The van der Waals surface area contributed by atoms with E-state index in [2.05, 4.69) is 10.6 Å². The summed E-state index contributed by atoms with van der Waals surface area (Å²) in [7, 11) is 0. The molecule has 6 heteroatoms. The van der Waals surface area contributed by atoms with Crippen molar-refractivity contribution in [3.05, 3.63) is 0 Å². The number of nitrogens with one attached hydrogen (secondary N) is 2. The van der Waals surface area contributed by atoms with Gasteiger partial charge in [-0.05, 0) is 20.3 Å². The fourth-order valence-corrected chi connectivity index (χ4v) is 1.90. The van der Waals surface area contributed by atoms with Crippen LogP contribution in [0, 0.1) is 0 Å². The van der Waals surface area contributed by atoms with Crippen LogP contribution < -0.4 is 16.4 Å². The second kappa shape index (κ2) is 6.44. The van der Waals surface area contributed by atoms with Crippen LogP contribution in [-0.2, 0) is 4.79 Å². The molecule has 1 aliphatic rings. The zero-order chi connectivity index (χ0) is 12.8. The van der Waals surface area contributed by atoms with Crippen molar-refractivity contribution in [3.8, 4) is 0 Å². The molecule has 1 fully saturated rings. The van der Waals surface area contributed by atoms with Gasteiger partial charge in [0.15, 0.2) is 0 Å². The van der Waals surface area contributed by atoms with E-state index in [0.717, 1.165) is 6.42 Å². The molecule has 98 valence electrons. The third-order valence-corrected chi connectivity index (χ3v) is 2.68. The molecule has 0 aromatic carbocycles. The Hall–Kier alpha value is -1.30. The minimum atomic E-state index is -0.129. The summed E-state index contributed by atoms with van der Waals surface area (Å²) in [6.45, 7) is 5.58. The van der Waals surface area contributed by atoms with Gasteiger partial charge in [0.2, 0.25) is 5.91 Å². The third-order valence-electron chi connectivity index (χ3n) is 2.68. The van der Waals surface area contributed by atoms with Crippen LogP contribution in [0.1, 0.15) is 26.7 Å². The third kappa shape index (κ3) is 4.60. The van der Waals surface area contributed by atoms with Gasteiger partial charge in [-0.15, -0.1) is 0 Å². The standard InChI is InChI=1S/C11H22N4O2/c1-3-13-11(17)15-5-4-9(7-15)14-10(16)6-8(2)12/h8-9H,3-7,12H2,1-2H3,(H,13,17)(H,14,16). The van der Waals surface area contributed by atoms with Crippen LogP contribution in [0.3, 0.4) is 0 Å². The molecule has 0 spiro atoms. The van der Waals surface area contributed by atoms with Gasteiger partial charge in [-0.25, -0.2) is 4.79 Å². The number of urea groups is 1. The van der Waals surface area contributed by atoms with E-state index in [0.29, 0.717) is 26.1 Å². The predicted octanol–water partition coefficient (Wildman–Crippen LogP) is -0.356. The van der Waals surface area contributed by atoms with E-state index in [1.807, 2.05) is 6.92 Å². The number of carbonyl (C=O) groups is 2. The Morgan fingerprint density at radius 3 is 2.82 bits per heavy atom. The van der Waals surface area contributed by atoms with E-state index in [4.69, 9.17) is 5.73 Å². The summed E-state index contributed by atoms with van der Waals surface area (Å²) in [4.78, 5) is 24.8. The normalized spacial score (nSPS) is 21.1. The van der Waals surface area contributed by atoms with E-state index in [1.54, 1.807) is 11.8 Å². The first-order valence-corrected chi connectivity index (χ1v) is 6.10. The van der Waals surface area contributed by atoms with Gasteiger partial charge in [0.25, 0.3) is 0 Å². The molecular formula is C11H22N4O2. The van der Waals surface area contributed by atoms with Crippen LogP contribution in [0.15, 0.2) is 0 Å². The summed E-state index contributed by atoms with van der Waals surface area (Å²) in [5.74, 6) is -0.0391. The van der Waals surface area contributed by atoms with Crippen molar-refractivity contribution in [1.82, 2.24) is 15.5 Å². The maximum Gasteiger partial charge on any atom is 0.317 e.